The average Bonchev–Trinajstić information content (AvgIpc) is 2.32. The standard InChI is InChI=1S/C11H12BrN/c1-6-4-9-7(2)8(3)13-11(9)5-10(6)12/h4-5,13H,1-3H3. The summed E-state index contributed by atoms with van der Waals surface area (Å²) in [7, 11) is 0. The van der Waals surface area contributed by atoms with E-state index in [1.807, 2.05) is 0 Å². The molecule has 0 fully saturated rings. The summed E-state index contributed by atoms with van der Waals surface area (Å²) in [6.45, 7) is 6.38. The second-order valence-corrected chi connectivity index (χ2v) is 4.38. The number of halogens is 1. The minimum atomic E-state index is 1.17. The molecule has 1 N–H and O–H groups in total. The van der Waals surface area contributed by atoms with Crippen LogP contribution in [0.1, 0.15) is 16.8 Å². The molecule has 0 aliphatic rings. The van der Waals surface area contributed by atoms with Crippen LogP contribution in [0.3, 0.4) is 0 Å². The third kappa shape index (κ3) is 1.29. The molecule has 0 atom stereocenters. The monoisotopic (exact) mass is 237 g/mol. The molecule has 1 aromatic carbocycles. The maximum atomic E-state index is 3.53. The van der Waals surface area contributed by atoms with E-state index in [9.17, 15) is 0 Å². The zero-order valence-corrected chi connectivity index (χ0v) is 9.62. The first-order chi connectivity index (χ1) is 6.09. The fourth-order valence-corrected chi connectivity index (χ4v) is 1.94. The molecule has 0 aliphatic carbocycles. The number of fused-ring (bicyclic) bond motifs is 1. The predicted molar refractivity (Wildman–Crippen MR) is 60.2 cm³/mol. The molecule has 0 spiro atoms. The van der Waals surface area contributed by atoms with Crippen LogP contribution in [-0.2, 0) is 0 Å². The topological polar surface area (TPSA) is 15.8 Å². The van der Waals surface area contributed by atoms with Crippen LogP contribution in [0.5, 0.6) is 0 Å². The fraction of sp³-hybridized carbons (Fsp3) is 0.273. The van der Waals surface area contributed by atoms with Crippen LogP contribution < -0.4 is 0 Å². The van der Waals surface area contributed by atoms with Crippen molar-refractivity contribution in [2.75, 3.05) is 0 Å². The van der Waals surface area contributed by atoms with E-state index in [2.05, 4.69) is 53.8 Å². The van der Waals surface area contributed by atoms with Gasteiger partial charge in [-0.15, -0.1) is 0 Å². The quantitative estimate of drug-likeness (QED) is 0.717. The SMILES string of the molecule is Cc1cc2c(C)c(C)[nH]c2cc1Br. The summed E-state index contributed by atoms with van der Waals surface area (Å²) in [5.74, 6) is 0. The summed E-state index contributed by atoms with van der Waals surface area (Å²) in [6.07, 6.45) is 0. The molecule has 0 saturated carbocycles. The van der Waals surface area contributed by atoms with Gasteiger partial charge >= 0.3 is 0 Å². The molecule has 0 aliphatic heterocycles. The van der Waals surface area contributed by atoms with Gasteiger partial charge in [0.05, 0.1) is 0 Å². The van der Waals surface area contributed by atoms with E-state index in [-0.39, 0.29) is 0 Å². The smallest absolute Gasteiger partial charge is 0.0470 e. The largest absolute Gasteiger partial charge is 0.358 e. The number of hydrogen-bond acceptors (Lipinski definition) is 0. The van der Waals surface area contributed by atoms with Gasteiger partial charge < -0.3 is 4.98 Å². The molecule has 0 radical (unpaired) electrons. The molecular formula is C11H12BrN. The number of aromatic amines is 1. The lowest BCUT2D eigenvalue weighted by Crippen LogP contribution is -1.76. The molecular weight excluding hydrogens is 226 g/mol. The van der Waals surface area contributed by atoms with Crippen molar-refractivity contribution in [3.8, 4) is 0 Å². The van der Waals surface area contributed by atoms with Gasteiger partial charge in [-0.25, -0.2) is 0 Å². The number of hydrogen-bond donors (Lipinski definition) is 1. The van der Waals surface area contributed by atoms with Crippen molar-refractivity contribution >= 4 is 26.8 Å². The van der Waals surface area contributed by atoms with Gasteiger partial charge in [0.15, 0.2) is 0 Å². The van der Waals surface area contributed by atoms with Crippen molar-refractivity contribution in [2.24, 2.45) is 0 Å². The van der Waals surface area contributed by atoms with Crippen LogP contribution >= 0.6 is 15.9 Å². The molecule has 13 heavy (non-hydrogen) atoms. The predicted octanol–water partition coefficient (Wildman–Crippen LogP) is 3.86. The number of H-pyrrole nitrogens is 1. The van der Waals surface area contributed by atoms with Crippen LogP contribution in [0.25, 0.3) is 10.9 Å². The highest BCUT2D eigenvalue weighted by Gasteiger charge is 2.05. The highest BCUT2D eigenvalue weighted by molar-refractivity contribution is 9.10. The van der Waals surface area contributed by atoms with E-state index in [4.69, 9.17) is 0 Å². The minimum absolute atomic E-state index is 1.17. The third-order valence-corrected chi connectivity index (χ3v) is 3.44. The molecule has 2 aromatic rings. The second-order valence-electron chi connectivity index (χ2n) is 3.52. The summed E-state index contributed by atoms with van der Waals surface area (Å²) < 4.78 is 1.17. The van der Waals surface area contributed by atoms with E-state index in [1.165, 1.54) is 32.2 Å². The van der Waals surface area contributed by atoms with Crippen molar-refractivity contribution in [1.29, 1.82) is 0 Å². The maximum Gasteiger partial charge on any atom is 0.0470 e. The molecule has 2 rings (SSSR count). The summed E-state index contributed by atoms with van der Waals surface area (Å²) in [5.41, 5.74) is 5.11. The van der Waals surface area contributed by atoms with Crippen LogP contribution in [0.15, 0.2) is 16.6 Å². The molecule has 1 heterocycles. The van der Waals surface area contributed by atoms with Gasteiger partial charge in [-0.05, 0) is 44.0 Å². The van der Waals surface area contributed by atoms with Crippen molar-refractivity contribution in [1.82, 2.24) is 4.98 Å². The number of aromatic nitrogens is 1. The lowest BCUT2D eigenvalue weighted by Gasteiger charge is -1.98. The number of nitrogens with one attached hydrogen (secondary N) is 1. The average molecular weight is 238 g/mol. The number of benzene rings is 1. The Kier molecular flexibility index (Phi) is 1.95. The minimum Gasteiger partial charge on any atom is -0.358 e. The Balaban J connectivity index is 2.89. The molecule has 0 unspecified atom stereocenters. The first-order valence-electron chi connectivity index (χ1n) is 4.34. The summed E-state index contributed by atoms with van der Waals surface area (Å²) in [6, 6.07) is 4.36. The zero-order valence-electron chi connectivity index (χ0n) is 8.03. The lowest BCUT2D eigenvalue weighted by molar-refractivity contribution is 1.25. The van der Waals surface area contributed by atoms with E-state index in [0.29, 0.717) is 0 Å². The van der Waals surface area contributed by atoms with Gasteiger partial charge in [-0.1, -0.05) is 15.9 Å². The van der Waals surface area contributed by atoms with Crippen LogP contribution in [0.2, 0.25) is 0 Å². The Morgan fingerprint density at radius 2 is 1.85 bits per heavy atom. The molecule has 68 valence electrons. The first kappa shape index (κ1) is 8.82. The highest BCUT2D eigenvalue weighted by atomic mass is 79.9. The number of aryl methyl sites for hydroxylation is 3. The lowest BCUT2D eigenvalue weighted by atomic mass is 10.1. The Morgan fingerprint density at radius 3 is 2.54 bits per heavy atom. The number of rotatable bonds is 0. The molecule has 0 bridgehead atoms. The van der Waals surface area contributed by atoms with Crippen molar-refractivity contribution < 1.29 is 0 Å². The van der Waals surface area contributed by atoms with Crippen molar-refractivity contribution in [2.45, 2.75) is 20.8 Å². The summed E-state index contributed by atoms with van der Waals surface area (Å²) in [5, 5.41) is 1.33. The molecule has 1 nitrogen and oxygen atoms in total. The van der Waals surface area contributed by atoms with Gasteiger partial charge in [-0.2, -0.15) is 0 Å². The van der Waals surface area contributed by atoms with Crippen LogP contribution in [0.4, 0.5) is 0 Å². The first-order valence-corrected chi connectivity index (χ1v) is 5.14. The maximum absolute atomic E-state index is 3.53. The second kappa shape index (κ2) is 2.88. The molecule has 2 heteroatoms. The van der Waals surface area contributed by atoms with E-state index in [1.54, 1.807) is 0 Å². The van der Waals surface area contributed by atoms with Crippen molar-refractivity contribution in [3.05, 3.63) is 33.4 Å². The Morgan fingerprint density at radius 1 is 1.15 bits per heavy atom. The van der Waals surface area contributed by atoms with Gasteiger partial charge in [0.25, 0.3) is 0 Å². The highest BCUT2D eigenvalue weighted by Crippen LogP contribution is 2.27. The normalized spacial score (nSPS) is 11.1. The third-order valence-electron chi connectivity index (χ3n) is 2.59. The molecule has 0 saturated heterocycles. The Labute approximate surface area is 86.3 Å². The van der Waals surface area contributed by atoms with E-state index >= 15 is 0 Å². The Bertz CT molecular complexity index is 468. The van der Waals surface area contributed by atoms with Gasteiger partial charge in [0.1, 0.15) is 0 Å². The zero-order chi connectivity index (χ0) is 9.59. The van der Waals surface area contributed by atoms with Gasteiger partial charge in [0.2, 0.25) is 0 Å². The van der Waals surface area contributed by atoms with Crippen LogP contribution in [-0.4, -0.2) is 4.98 Å². The summed E-state index contributed by atoms with van der Waals surface area (Å²) >= 11 is 3.53. The molecule has 0 amide bonds. The van der Waals surface area contributed by atoms with E-state index in [0.717, 1.165) is 0 Å². The Hall–Kier alpha value is -0.760. The van der Waals surface area contributed by atoms with Crippen molar-refractivity contribution in [3.63, 3.8) is 0 Å². The summed E-state index contributed by atoms with van der Waals surface area (Å²) in [4.78, 5) is 3.36. The van der Waals surface area contributed by atoms with Gasteiger partial charge in [0, 0.05) is 21.1 Å². The van der Waals surface area contributed by atoms with Crippen LogP contribution in [0, 0.1) is 20.8 Å². The fourth-order valence-electron chi connectivity index (χ4n) is 1.59. The van der Waals surface area contributed by atoms with Gasteiger partial charge in [-0.3, -0.25) is 0 Å². The van der Waals surface area contributed by atoms with E-state index < -0.39 is 0 Å². The molecule has 1 aromatic heterocycles.